The zero-order chi connectivity index (χ0) is 11.3. The van der Waals surface area contributed by atoms with Crippen LogP contribution in [-0.4, -0.2) is 50.7 Å². The molecule has 0 bridgehead atoms. The van der Waals surface area contributed by atoms with Crippen molar-refractivity contribution < 1.29 is 9.53 Å². The molecule has 4 nitrogen and oxygen atoms in total. The molecule has 0 radical (unpaired) electrons. The van der Waals surface area contributed by atoms with E-state index in [0.29, 0.717) is 0 Å². The molecule has 0 atom stereocenters. The number of hydrogen-bond donors (Lipinski definition) is 1. The highest BCUT2D eigenvalue weighted by Gasteiger charge is 2.29. The SMILES string of the molecule is COC(=O)C(C)(C)CCN1CCNCC1.Cl. The lowest BCUT2D eigenvalue weighted by Gasteiger charge is -2.30. The topological polar surface area (TPSA) is 41.6 Å². The Labute approximate surface area is 104 Å². The van der Waals surface area contributed by atoms with Crippen molar-refractivity contribution in [2.75, 3.05) is 39.8 Å². The summed E-state index contributed by atoms with van der Waals surface area (Å²) in [6.07, 6.45) is 0.861. The van der Waals surface area contributed by atoms with Crippen LogP contribution in [0.5, 0.6) is 0 Å². The summed E-state index contributed by atoms with van der Waals surface area (Å²) in [5.74, 6) is -0.113. The molecular formula is C11H23ClN2O2. The third-order valence-electron chi connectivity index (χ3n) is 3.00. The predicted molar refractivity (Wildman–Crippen MR) is 67.0 cm³/mol. The van der Waals surface area contributed by atoms with E-state index in [-0.39, 0.29) is 23.8 Å². The fourth-order valence-electron chi connectivity index (χ4n) is 1.75. The lowest BCUT2D eigenvalue weighted by molar-refractivity contribution is -0.151. The van der Waals surface area contributed by atoms with Gasteiger partial charge in [0.05, 0.1) is 12.5 Å². The molecule has 1 aliphatic rings. The van der Waals surface area contributed by atoms with Crippen molar-refractivity contribution in [1.82, 2.24) is 10.2 Å². The van der Waals surface area contributed by atoms with Crippen molar-refractivity contribution in [2.24, 2.45) is 5.41 Å². The van der Waals surface area contributed by atoms with Crippen LogP contribution in [0.2, 0.25) is 0 Å². The van der Waals surface area contributed by atoms with Crippen molar-refractivity contribution in [3.8, 4) is 0 Å². The number of esters is 1. The number of nitrogens with one attached hydrogen (secondary N) is 1. The van der Waals surface area contributed by atoms with E-state index < -0.39 is 0 Å². The van der Waals surface area contributed by atoms with E-state index in [0.717, 1.165) is 39.1 Å². The normalized spacial score (nSPS) is 17.7. The molecule has 0 aromatic heterocycles. The smallest absolute Gasteiger partial charge is 0.311 e. The highest BCUT2D eigenvalue weighted by molar-refractivity contribution is 5.85. The van der Waals surface area contributed by atoms with Gasteiger partial charge in [-0.2, -0.15) is 0 Å². The zero-order valence-corrected chi connectivity index (χ0v) is 11.2. The average molecular weight is 251 g/mol. The van der Waals surface area contributed by atoms with Gasteiger partial charge in [0.25, 0.3) is 0 Å². The van der Waals surface area contributed by atoms with Crippen LogP contribution in [0, 0.1) is 5.41 Å². The maximum atomic E-state index is 11.5. The van der Waals surface area contributed by atoms with Crippen LogP contribution in [0.25, 0.3) is 0 Å². The van der Waals surface area contributed by atoms with Gasteiger partial charge in [0.1, 0.15) is 0 Å². The average Bonchev–Trinajstić information content (AvgIpc) is 2.27. The van der Waals surface area contributed by atoms with Crippen LogP contribution in [0.3, 0.4) is 0 Å². The van der Waals surface area contributed by atoms with Crippen LogP contribution in [0.4, 0.5) is 0 Å². The van der Waals surface area contributed by atoms with Gasteiger partial charge in [-0.25, -0.2) is 0 Å². The van der Waals surface area contributed by atoms with Crippen LogP contribution in [0.15, 0.2) is 0 Å². The fourth-order valence-corrected chi connectivity index (χ4v) is 1.75. The summed E-state index contributed by atoms with van der Waals surface area (Å²) in [6.45, 7) is 9.14. The zero-order valence-electron chi connectivity index (χ0n) is 10.4. The molecule has 0 unspecified atom stereocenters. The summed E-state index contributed by atoms with van der Waals surface area (Å²) in [7, 11) is 1.45. The summed E-state index contributed by atoms with van der Waals surface area (Å²) >= 11 is 0. The molecule has 5 heteroatoms. The highest BCUT2D eigenvalue weighted by Crippen LogP contribution is 2.22. The van der Waals surface area contributed by atoms with E-state index in [1.54, 1.807) is 0 Å². The molecular weight excluding hydrogens is 228 g/mol. The first-order valence-corrected chi connectivity index (χ1v) is 5.58. The van der Waals surface area contributed by atoms with E-state index >= 15 is 0 Å². The number of piperazine rings is 1. The molecule has 0 aromatic rings. The van der Waals surface area contributed by atoms with Crippen LogP contribution >= 0.6 is 12.4 Å². The van der Waals surface area contributed by atoms with Crippen molar-refractivity contribution in [2.45, 2.75) is 20.3 Å². The van der Waals surface area contributed by atoms with Crippen LogP contribution < -0.4 is 5.32 Å². The Morgan fingerprint density at radius 2 is 1.94 bits per heavy atom. The minimum Gasteiger partial charge on any atom is -0.469 e. The third-order valence-corrected chi connectivity index (χ3v) is 3.00. The lowest BCUT2D eigenvalue weighted by Crippen LogP contribution is -2.45. The Bertz CT molecular complexity index is 216. The van der Waals surface area contributed by atoms with Gasteiger partial charge in [-0.15, -0.1) is 12.4 Å². The maximum absolute atomic E-state index is 11.5. The molecule has 0 aromatic carbocycles. The summed E-state index contributed by atoms with van der Waals surface area (Å²) in [5.41, 5.74) is -0.361. The minimum atomic E-state index is -0.361. The molecule has 0 amide bonds. The summed E-state index contributed by atoms with van der Waals surface area (Å²) in [6, 6.07) is 0. The van der Waals surface area contributed by atoms with E-state index in [1.807, 2.05) is 13.8 Å². The van der Waals surface area contributed by atoms with Crippen molar-refractivity contribution >= 4 is 18.4 Å². The number of rotatable bonds is 4. The number of methoxy groups -OCH3 is 1. The third kappa shape index (κ3) is 4.68. The molecule has 16 heavy (non-hydrogen) atoms. The predicted octanol–water partition coefficient (Wildman–Crippen LogP) is 0.903. The number of halogens is 1. The molecule has 0 saturated carbocycles. The number of hydrogen-bond acceptors (Lipinski definition) is 4. The molecule has 1 N–H and O–H groups in total. The molecule has 0 spiro atoms. The molecule has 0 aliphatic carbocycles. The van der Waals surface area contributed by atoms with Crippen molar-refractivity contribution in [3.63, 3.8) is 0 Å². The van der Waals surface area contributed by atoms with Crippen LogP contribution in [-0.2, 0) is 9.53 Å². The maximum Gasteiger partial charge on any atom is 0.311 e. The molecule has 1 heterocycles. The van der Waals surface area contributed by atoms with Gasteiger partial charge in [-0.05, 0) is 26.8 Å². The van der Waals surface area contributed by atoms with Gasteiger partial charge in [0.15, 0.2) is 0 Å². The van der Waals surface area contributed by atoms with Crippen molar-refractivity contribution in [3.05, 3.63) is 0 Å². The summed E-state index contributed by atoms with van der Waals surface area (Å²) in [5, 5.41) is 3.31. The quantitative estimate of drug-likeness (QED) is 0.753. The first-order chi connectivity index (χ1) is 7.06. The molecule has 1 fully saturated rings. The van der Waals surface area contributed by atoms with Gasteiger partial charge in [0, 0.05) is 26.2 Å². The first-order valence-electron chi connectivity index (χ1n) is 5.58. The van der Waals surface area contributed by atoms with E-state index in [2.05, 4.69) is 10.2 Å². The molecule has 1 aliphatic heterocycles. The summed E-state index contributed by atoms with van der Waals surface area (Å²) < 4.78 is 4.79. The molecule has 96 valence electrons. The highest BCUT2D eigenvalue weighted by atomic mass is 35.5. The van der Waals surface area contributed by atoms with Gasteiger partial charge >= 0.3 is 5.97 Å². The standard InChI is InChI=1S/C11H22N2O2.ClH/c1-11(2,10(14)15-3)4-7-13-8-5-12-6-9-13;/h12H,4-9H2,1-3H3;1H. The van der Waals surface area contributed by atoms with Crippen molar-refractivity contribution in [1.29, 1.82) is 0 Å². The second-order valence-corrected chi connectivity index (χ2v) is 4.72. The molecule has 1 rings (SSSR count). The van der Waals surface area contributed by atoms with Crippen LogP contribution in [0.1, 0.15) is 20.3 Å². The largest absolute Gasteiger partial charge is 0.469 e. The Balaban J connectivity index is 0.00000225. The van der Waals surface area contributed by atoms with Gasteiger partial charge in [-0.3, -0.25) is 4.79 Å². The fraction of sp³-hybridized carbons (Fsp3) is 0.909. The van der Waals surface area contributed by atoms with Gasteiger partial charge in [0.2, 0.25) is 0 Å². The Morgan fingerprint density at radius 3 is 2.44 bits per heavy atom. The first kappa shape index (κ1) is 15.7. The summed E-state index contributed by atoms with van der Waals surface area (Å²) in [4.78, 5) is 13.8. The van der Waals surface area contributed by atoms with E-state index in [4.69, 9.17) is 4.74 Å². The lowest BCUT2D eigenvalue weighted by atomic mass is 9.89. The number of carbonyl (C=O) groups is 1. The molecule has 1 saturated heterocycles. The van der Waals surface area contributed by atoms with Gasteiger partial charge < -0.3 is 15.0 Å². The van der Waals surface area contributed by atoms with Gasteiger partial charge in [-0.1, -0.05) is 0 Å². The Hall–Kier alpha value is -0.320. The second kappa shape index (κ2) is 7.09. The number of carbonyl (C=O) groups excluding carboxylic acids is 1. The Kier molecular flexibility index (Phi) is 6.95. The minimum absolute atomic E-state index is 0. The monoisotopic (exact) mass is 250 g/mol. The number of ether oxygens (including phenoxy) is 1. The second-order valence-electron chi connectivity index (χ2n) is 4.72. The number of nitrogens with zero attached hydrogens (tertiary/aromatic N) is 1. The Morgan fingerprint density at radius 1 is 1.38 bits per heavy atom. The van der Waals surface area contributed by atoms with E-state index in [9.17, 15) is 4.79 Å². The van der Waals surface area contributed by atoms with E-state index in [1.165, 1.54) is 7.11 Å².